The van der Waals surface area contributed by atoms with Gasteiger partial charge in [-0.3, -0.25) is 14.3 Å². The van der Waals surface area contributed by atoms with Gasteiger partial charge in [-0.1, -0.05) is 23.2 Å². The van der Waals surface area contributed by atoms with E-state index >= 15 is 0 Å². The van der Waals surface area contributed by atoms with Gasteiger partial charge in [-0.15, -0.1) is 0 Å². The van der Waals surface area contributed by atoms with Crippen LogP contribution < -0.4 is 5.43 Å². The van der Waals surface area contributed by atoms with Gasteiger partial charge in [-0.05, 0) is 19.1 Å². The van der Waals surface area contributed by atoms with Crippen molar-refractivity contribution in [3.63, 3.8) is 0 Å². The van der Waals surface area contributed by atoms with Crippen molar-refractivity contribution in [2.24, 2.45) is 7.05 Å². The molecule has 0 aliphatic carbocycles. The molecule has 2 aromatic rings. The summed E-state index contributed by atoms with van der Waals surface area (Å²) in [6.45, 7) is 1.45. The van der Waals surface area contributed by atoms with Crippen molar-refractivity contribution in [2.45, 2.75) is 18.0 Å². The smallest absolute Gasteiger partial charge is 0.433 e. The lowest BCUT2D eigenvalue weighted by atomic mass is 10.1. The molecule has 158 valence electrons. The van der Waals surface area contributed by atoms with Crippen LogP contribution in [0.3, 0.4) is 0 Å². The zero-order chi connectivity index (χ0) is 22.1. The van der Waals surface area contributed by atoms with Crippen molar-refractivity contribution in [3.05, 3.63) is 44.2 Å². The van der Waals surface area contributed by atoms with Gasteiger partial charge in [0.05, 0.1) is 21.5 Å². The minimum absolute atomic E-state index is 0.0422. The summed E-state index contributed by atoms with van der Waals surface area (Å²) in [5.41, 5.74) is -3.21. The van der Waals surface area contributed by atoms with E-state index in [0.717, 1.165) is 19.2 Å². The fraction of sp³-hybridized carbons (Fsp3) is 0.312. The zero-order valence-electron chi connectivity index (χ0n) is 14.9. The lowest BCUT2D eigenvalue weighted by Crippen LogP contribution is -2.23. The van der Waals surface area contributed by atoms with E-state index in [2.05, 4.69) is 9.84 Å². The summed E-state index contributed by atoms with van der Waals surface area (Å²) in [4.78, 5) is 23.2. The van der Waals surface area contributed by atoms with Gasteiger partial charge in [-0.25, -0.2) is 8.42 Å². The van der Waals surface area contributed by atoms with Gasteiger partial charge < -0.3 is 4.74 Å². The molecule has 1 heterocycles. The highest BCUT2D eigenvalue weighted by Crippen LogP contribution is 2.34. The van der Waals surface area contributed by atoms with Crippen LogP contribution in [-0.2, 0) is 32.6 Å². The molecule has 0 unspecified atom stereocenters. The number of benzene rings is 1. The SMILES string of the molecule is CCOC(=O)CS(=O)(=O)c1cc(-c2nn(C)c(C(F)(F)F)cc2=O)c(Cl)cc1Cl. The van der Waals surface area contributed by atoms with E-state index in [1.807, 2.05) is 0 Å². The summed E-state index contributed by atoms with van der Waals surface area (Å²) in [5.74, 6) is -2.05. The second kappa shape index (κ2) is 8.33. The molecule has 0 bridgehead atoms. The van der Waals surface area contributed by atoms with Crippen LogP contribution in [0, 0.1) is 0 Å². The van der Waals surface area contributed by atoms with Crippen molar-refractivity contribution in [1.29, 1.82) is 0 Å². The van der Waals surface area contributed by atoms with Gasteiger partial charge in [0.2, 0.25) is 5.43 Å². The van der Waals surface area contributed by atoms with Crippen LogP contribution in [0.1, 0.15) is 12.6 Å². The Hall–Kier alpha value is -2.11. The van der Waals surface area contributed by atoms with Crippen LogP contribution >= 0.6 is 23.2 Å². The fourth-order valence-corrected chi connectivity index (χ4v) is 4.40. The van der Waals surface area contributed by atoms with E-state index in [1.165, 1.54) is 6.92 Å². The number of aryl methyl sites for hydroxylation is 1. The number of esters is 1. The number of halogens is 5. The van der Waals surface area contributed by atoms with Crippen LogP contribution in [0.2, 0.25) is 10.0 Å². The van der Waals surface area contributed by atoms with Gasteiger partial charge >= 0.3 is 12.1 Å². The number of hydrogen-bond donors (Lipinski definition) is 0. The molecular formula is C16H13Cl2F3N2O5S. The Morgan fingerprint density at radius 2 is 1.83 bits per heavy atom. The first-order valence-electron chi connectivity index (χ1n) is 7.81. The number of rotatable bonds is 5. The van der Waals surface area contributed by atoms with Crippen LogP contribution in [-0.4, -0.2) is 36.5 Å². The zero-order valence-corrected chi connectivity index (χ0v) is 17.2. The predicted octanol–water partition coefficient (Wildman–Crippen LogP) is 3.11. The number of ether oxygens (including phenoxy) is 1. The highest BCUT2D eigenvalue weighted by atomic mass is 35.5. The summed E-state index contributed by atoms with van der Waals surface area (Å²) in [6, 6.07) is 2.20. The Kier molecular flexibility index (Phi) is 6.65. The van der Waals surface area contributed by atoms with E-state index in [4.69, 9.17) is 23.2 Å². The quantitative estimate of drug-likeness (QED) is 0.620. The Morgan fingerprint density at radius 1 is 1.21 bits per heavy atom. The molecule has 0 radical (unpaired) electrons. The third kappa shape index (κ3) is 5.09. The molecule has 1 aromatic heterocycles. The second-order valence-corrected chi connectivity index (χ2v) is 8.46. The van der Waals surface area contributed by atoms with Crippen molar-refractivity contribution in [2.75, 3.05) is 12.4 Å². The minimum Gasteiger partial charge on any atom is -0.465 e. The summed E-state index contributed by atoms with van der Waals surface area (Å²) in [7, 11) is -3.33. The average Bonchev–Trinajstić information content (AvgIpc) is 2.55. The minimum atomic E-state index is -4.82. The lowest BCUT2D eigenvalue weighted by molar-refractivity contribution is -0.144. The number of carbonyl (C=O) groups excluding carboxylic acids is 1. The summed E-state index contributed by atoms with van der Waals surface area (Å²) in [6.07, 6.45) is -4.82. The molecule has 0 spiro atoms. The maximum Gasteiger partial charge on any atom is 0.433 e. The number of carbonyl (C=O) groups is 1. The van der Waals surface area contributed by atoms with E-state index in [1.54, 1.807) is 0 Å². The van der Waals surface area contributed by atoms with Crippen LogP contribution in [0.25, 0.3) is 11.3 Å². The molecule has 0 aliphatic rings. The normalized spacial score (nSPS) is 12.1. The molecule has 0 aliphatic heterocycles. The molecule has 0 fully saturated rings. The summed E-state index contributed by atoms with van der Waals surface area (Å²) in [5, 5.41) is 3.03. The first kappa shape index (κ1) is 23.2. The first-order valence-corrected chi connectivity index (χ1v) is 10.2. The molecule has 0 saturated heterocycles. The number of sulfone groups is 1. The van der Waals surface area contributed by atoms with Crippen molar-refractivity contribution in [3.8, 4) is 11.3 Å². The largest absolute Gasteiger partial charge is 0.465 e. The first-order chi connectivity index (χ1) is 13.3. The number of alkyl halides is 3. The van der Waals surface area contributed by atoms with E-state index < -0.39 is 49.4 Å². The van der Waals surface area contributed by atoms with E-state index in [-0.39, 0.29) is 22.2 Å². The third-order valence-corrected chi connectivity index (χ3v) is 5.98. The molecule has 0 amide bonds. The molecule has 0 saturated carbocycles. The van der Waals surface area contributed by atoms with Crippen LogP contribution in [0.5, 0.6) is 0 Å². The van der Waals surface area contributed by atoms with Crippen molar-refractivity contribution >= 4 is 39.0 Å². The van der Waals surface area contributed by atoms with E-state index in [0.29, 0.717) is 10.7 Å². The maximum atomic E-state index is 12.9. The average molecular weight is 473 g/mol. The van der Waals surface area contributed by atoms with Crippen LogP contribution in [0.4, 0.5) is 13.2 Å². The molecule has 0 atom stereocenters. The molecule has 2 rings (SSSR count). The molecular weight excluding hydrogens is 460 g/mol. The molecule has 0 N–H and O–H groups in total. The van der Waals surface area contributed by atoms with Gasteiger partial charge in [0, 0.05) is 18.7 Å². The number of hydrogen-bond acceptors (Lipinski definition) is 6. The lowest BCUT2D eigenvalue weighted by Gasteiger charge is -2.14. The molecule has 13 heteroatoms. The topological polar surface area (TPSA) is 95.3 Å². The summed E-state index contributed by atoms with van der Waals surface area (Å²) < 4.78 is 68.8. The fourth-order valence-electron chi connectivity index (χ4n) is 2.38. The number of nitrogens with zero attached hydrogens (tertiary/aromatic N) is 2. The third-order valence-electron chi connectivity index (χ3n) is 3.62. The highest BCUT2D eigenvalue weighted by Gasteiger charge is 2.35. The van der Waals surface area contributed by atoms with E-state index in [9.17, 15) is 31.2 Å². The molecule has 1 aromatic carbocycles. The van der Waals surface area contributed by atoms with Gasteiger partial charge in [0.15, 0.2) is 15.6 Å². The predicted molar refractivity (Wildman–Crippen MR) is 98.6 cm³/mol. The standard InChI is InChI=1S/C16H13Cl2F3N2O5S/c1-3-28-14(25)7-29(26,27)12-4-8(9(17)5-10(12)18)15-11(24)6-13(16(19,20)21)23(2)22-15/h4-6H,3,7H2,1-2H3. The Morgan fingerprint density at radius 3 is 2.38 bits per heavy atom. The van der Waals surface area contributed by atoms with Crippen molar-refractivity contribution < 1.29 is 31.1 Å². The van der Waals surface area contributed by atoms with Crippen LogP contribution in [0.15, 0.2) is 27.9 Å². The Balaban J connectivity index is 2.65. The van der Waals surface area contributed by atoms with Gasteiger partial charge in [0.25, 0.3) is 0 Å². The number of aromatic nitrogens is 2. The second-order valence-electron chi connectivity index (χ2n) is 5.69. The van der Waals surface area contributed by atoms with Gasteiger partial charge in [0.1, 0.15) is 11.4 Å². The molecule has 29 heavy (non-hydrogen) atoms. The monoisotopic (exact) mass is 472 g/mol. The molecule has 7 nitrogen and oxygen atoms in total. The summed E-state index contributed by atoms with van der Waals surface area (Å²) >= 11 is 11.9. The Bertz CT molecular complexity index is 1130. The van der Waals surface area contributed by atoms with Crippen molar-refractivity contribution in [1.82, 2.24) is 9.78 Å². The highest BCUT2D eigenvalue weighted by molar-refractivity contribution is 7.92. The maximum absolute atomic E-state index is 12.9. The Labute approximate surface area is 172 Å². The van der Waals surface area contributed by atoms with Gasteiger partial charge in [-0.2, -0.15) is 18.3 Å².